The smallest absolute Gasteiger partial charge is 0.311 e. The first-order chi connectivity index (χ1) is 25.5. The number of esters is 1. The number of anilines is 2. The first-order valence-electron chi connectivity index (χ1n) is 18.2. The van der Waals surface area contributed by atoms with E-state index in [1.807, 2.05) is 11.6 Å². The Morgan fingerprint density at radius 3 is 2.26 bits per heavy atom. The third kappa shape index (κ3) is 6.34. The molecule has 276 valence electrons. The lowest BCUT2D eigenvalue weighted by molar-refractivity contribution is -0.152. The first-order valence-corrected chi connectivity index (χ1v) is 18.9. The summed E-state index contributed by atoms with van der Waals surface area (Å²) in [6.45, 7) is 3.05. The molecule has 2 aliphatic heterocycles. The molecule has 14 heteroatoms. The van der Waals surface area contributed by atoms with E-state index in [4.69, 9.17) is 32.9 Å². The molecule has 4 heterocycles. The van der Waals surface area contributed by atoms with E-state index in [1.165, 1.54) is 13.2 Å². The number of methoxy groups -OCH3 is 1. The van der Waals surface area contributed by atoms with Crippen LogP contribution < -0.4 is 10.6 Å². The summed E-state index contributed by atoms with van der Waals surface area (Å²) in [4.78, 5) is 58.8. The van der Waals surface area contributed by atoms with Crippen molar-refractivity contribution in [1.29, 1.82) is 0 Å². The van der Waals surface area contributed by atoms with Gasteiger partial charge in [0, 0.05) is 62.4 Å². The minimum Gasteiger partial charge on any atom is -0.469 e. The van der Waals surface area contributed by atoms with Gasteiger partial charge >= 0.3 is 5.97 Å². The fraction of sp³-hybridized carbons (Fsp3) is 0.436. The summed E-state index contributed by atoms with van der Waals surface area (Å²) in [5, 5.41) is 10.6. The van der Waals surface area contributed by atoms with Crippen LogP contribution in [0.3, 0.4) is 0 Å². The number of hydrogen-bond acceptors (Lipinski definition) is 8. The van der Waals surface area contributed by atoms with Crippen molar-refractivity contribution in [2.45, 2.75) is 70.9 Å². The van der Waals surface area contributed by atoms with Crippen molar-refractivity contribution in [3.05, 3.63) is 81.1 Å². The van der Waals surface area contributed by atoms with Gasteiger partial charge in [0.05, 0.1) is 39.6 Å². The van der Waals surface area contributed by atoms with E-state index in [-0.39, 0.29) is 44.2 Å². The summed E-state index contributed by atoms with van der Waals surface area (Å²) < 4.78 is 8.59. The lowest BCUT2D eigenvalue weighted by Crippen LogP contribution is -2.34. The Kier molecular flexibility index (Phi) is 9.19. The Balaban J connectivity index is 0.940. The van der Waals surface area contributed by atoms with Gasteiger partial charge < -0.3 is 19.9 Å². The molecule has 4 aliphatic rings. The normalized spacial score (nSPS) is 22.0. The van der Waals surface area contributed by atoms with Crippen LogP contribution in [-0.2, 0) is 36.1 Å². The minimum absolute atomic E-state index is 0.0345. The molecule has 2 N–H and O–H groups in total. The van der Waals surface area contributed by atoms with E-state index < -0.39 is 5.91 Å². The van der Waals surface area contributed by atoms with Crippen LogP contribution in [0, 0.1) is 10.8 Å². The average molecular weight is 759 g/mol. The number of nitrogens with zero attached hydrogens (tertiary/aromatic N) is 5. The van der Waals surface area contributed by atoms with Crippen molar-refractivity contribution in [2.24, 2.45) is 17.9 Å². The van der Waals surface area contributed by atoms with Crippen molar-refractivity contribution in [1.82, 2.24) is 24.2 Å². The summed E-state index contributed by atoms with van der Waals surface area (Å²) in [6, 6.07) is 12.0. The molecule has 0 unspecified atom stereocenters. The molecular formula is C39H41Cl2N7O5. The standard InChI is InChI=1S/C39H41Cl2N7O5/c1-46-29-11-18-47(19-16-38-12-14-39(22-38,15-13-38)37(52)53-2)21-28(29)42-34(46)36(51)44-26-9-4-7-24(33(26)41)23-6-3-8-25(32(23)40)43-35(50)27-20-30-31(49)10-5-17-48(30)45-27/h3-4,6-9,20H,5,10-19,21-22H2,1-2H3,(H,43,50)(H,44,51). The highest BCUT2D eigenvalue weighted by atomic mass is 35.5. The molecule has 12 nitrogen and oxygen atoms in total. The second-order valence-corrected chi connectivity index (χ2v) is 15.8. The van der Waals surface area contributed by atoms with E-state index in [0.717, 1.165) is 69.4 Å². The number of aryl methyl sites for hydroxylation is 1. The van der Waals surface area contributed by atoms with Crippen molar-refractivity contribution < 1.29 is 23.9 Å². The number of halogens is 2. The van der Waals surface area contributed by atoms with Gasteiger partial charge in [-0.1, -0.05) is 47.5 Å². The topological polar surface area (TPSA) is 140 Å². The quantitative estimate of drug-likeness (QED) is 0.175. The Labute approximate surface area is 317 Å². The van der Waals surface area contributed by atoms with E-state index in [9.17, 15) is 19.2 Å². The number of nitrogens with one attached hydrogen (secondary N) is 2. The zero-order valence-electron chi connectivity index (χ0n) is 29.8. The molecular weight excluding hydrogens is 717 g/mol. The molecule has 0 radical (unpaired) electrons. The van der Waals surface area contributed by atoms with Crippen molar-refractivity contribution >= 4 is 58.1 Å². The van der Waals surface area contributed by atoms with E-state index in [2.05, 4.69) is 20.6 Å². The summed E-state index contributed by atoms with van der Waals surface area (Å²) >= 11 is 13.8. The molecule has 53 heavy (non-hydrogen) atoms. The molecule has 2 fully saturated rings. The molecule has 0 atom stereocenters. The highest BCUT2D eigenvalue weighted by molar-refractivity contribution is 6.40. The SMILES string of the molecule is COC(=O)C12CCC(CCN3CCc4c(nc(C(=O)Nc5cccc(-c6cccc(NC(=O)c7cc8n(n7)CCCC8=O)c6Cl)c5Cl)n4C)C3)(CC1)C2. The van der Waals surface area contributed by atoms with Gasteiger partial charge in [-0.05, 0) is 69.0 Å². The monoisotopic (exact) mass is 757 g/mol. The Morgan fingerprint density at radius 1 is 0.925 bits per heavy atom. The van der Waals surface area contributed by atoms with Crippen LogP contribution in [0.4, 0.5) is 11.4 Å². The maximum atomic E-state index is 13.7. The zero-order valence-corrected chi connectivity index (χ0v) is 31.3. The van der Waals surface area contributed by atoms with Crippen LogP contribution in [0.15, 0.2) is 42.5 Å². The third-order valence-corrected chi connectivity index (χ3v) is 12.8. The number of rotatable bonds is 9. The molecule has 0 spiro atoms. The molecule has 2 bridgehead atoms. The lowest BCUT2D eigenvalue weighted by atomic mass is 9.80. The van der Waals surface area contributed by atoms with Gasteiger partial charge in [-0.2, -0.15) is 5.10 Å². The fourth-order valence-corrected chi connectivity index (χ4v) is 9.56. The molecule has 4 aromatic rings. The molecule has 2 amide bonds. The number of ketones is 1. The predicted octanol–water partition coefficient (Wildman–Crippen LogP) is 6.94. The molecule has 2 saturated carbocycles. The number of aromatic nitrogens is 4. The van der Waals surface area contributed by atoms with Gasteiger partial charge in [-0.25, -0.2) is 4.98 Å². The number of fused-ring (bicyclic) bond motifs is 4. The van der Waals surface area contributed by atoms with Gasteiger partial charge in [0.25, 0.3) is 11.8 Å². The summed E-state index contributed by atoms with van der Waals surface area (Å²) in [7, 11) is 3.36. The van der Waals surface area contributed by atoms with Crippen LogP contribution in [0.25, 0.3) is 11.1 Å². The highest BCUT2D eigenvalue weighted by Crippen LogP contribution is 2.63. The van der Waals surface area contributed by atoms with Crippen LogP contribution in [0.1, 0.15) is 94.4 Å². The van der Waals surface area contributed by atoms with E-state index in [0.29, 0.717) is 60.0 Å². The minimum atomic E-state index is -0.485. The van der Waals surface area contributed by atoms with Crippen molar-refractivity contribution in [2.75, 3.05) is 30.8 Å². The van der Waals surface area contributed by atoms with E-state index >= 15 is 0 Å². The Bertz CT molecular complexity index is 2170. The second kappa shape index (κ2) is 13.7. The molecule has 2 aliphatic carbocycles. The number of ether oxygens (including phenoxy) is 1. The van der Waals surface area contributed by atoms with Crippen molar-refractivity contribution in [3.8, 4) is 11.1 Å². The van der Waals surface area contributed by atoms with Gasteiger partial charge in [0.15, 0.2) is 17.3 Å². The third-order valence-electron chi connectivity index (χ3n) is 12.0. The number of carbonyl (C=O) groups excluding carboxylic acids is 4. The summed E-state index contributed by atoms with van der Waals surface area (Å²) in [6.07, 6.45) is 7.88. The van der Waals surface area contributed by atoms with Crippen LogP contribution in [-0.4, -0.2) is 68.0 Å². The molecule has 0 saturated heterocycles. The van der Waals surface area contributed by atoms with Crippen LogP contribution in [0.5, 0.6) is 0 Å². The van der Waals surface area contributed by atoms with Crippen LogP contribution >= 0.6 is 23.2 Å². The van der Waals surface area contributed by atoms with E-state index in [1.54, 1.807) is 41.1 Å². The number of Topliss-reactive ketones (excluding diaryl/α,β-unsaturated/α-hetero) is 1. The predicted molar refractivity (Wildman–Crippen MR) is 200 cm³/mol. The van der Waals surface area contributed by atoms with Gasteiger partial charge in [0.2, 0.25) is 0 Å². The maximum absolute atomic E-state index is 13.7. The Morgan fingerprint density at radius 2 is 1.60 bits per heavy atom. The van der Waals surface area contributed by atoms with Crippen molar-refractivity contribution in [3.63, 3.8) is 0 Å². The number of benzene rings is 2. The van der Waals surface area contributed by atoms with Gasteiger partial charge in [-0.15, -0.1) is 0 Å². The molecule has 2 aromatic carbocycles. The average Bonchev–Trinajstić information content (AvgIpc) is 3.94. The summed E-state index contributed by atoms with van der Waals surface area (Å²) in [5.74, 6) is -0.642. The zero-order chi connectivity index (χ0) is 37.1. The largest absolute Gasteiger partial charge is 0.469 e. The maximum Gasteiger partial charge on any atom is 0.311 e. The second-order valence-electron chi connectivity index (χ2n) is 15.0. The Hall–Kier alpha value is -4.52. The number of imidazole rings is 1. The fourth-order valence-electron chi connectivity index (χ4n) is 9.01. The number of hydrogen-bond donors (Lipinski definition) is 2. The van der Waals surface area contributed by atoms with Gasteiger partial charge in [0.1, 0.15) is 5.69 Å². The van der Waals surface area contributed by atoms with Crippen LogP contribution in [0.2, 0.25) is 10.0 Å². The number of amides is 2. The van der Waals surface area contributed by atoms with Gasteiger partial charge in [-0.3, -0.25) is 28.8 Å². The highest BCUT2D eigenvalue weighted by Gasteiger charge is 2.58. The lowest BCUT2D eigenvalue weighted by Gasteiger charge is -2.32. The molecule has 8 rings (SSSR count). The summed E-state index contributed by atoms with van der Waals surface area (Å²) in [5.41, 5.74) is 4.30. The number of carbonyl (C=O) groups is 4. The molecule has 2 aromatic heterocycles. The first kappa shape index (κ1) is 35.5.